The zero-order valence-corrected chi connectivity index (χ0v) is 12.9. The van der Waals surface area contributed by atoms with Crippen LogP contribution in [0.1, 0.15) is 39.5 Å². The Bertz CT molecular complexity index is 314. The van der Waals surface area contributed by atoms with E-state index in [-0.39, 0.29) is 11.4 Å². The smallest absolute Gasteiger partial charge is 0.222 e. The maximum Gasteiger partial charge on any atom is 0.222 e. The number of rotatable bonds is 5. The Morgan fingerprint density at radius 1 is 1.30 bits per heavy atom. The maximum atomic E-state index is 12.1. The quantitative estimate of drug-likeness (QED) is 0.812. The minimum Gasteiger partial charge on any atom is -0.377 e. The highest BCUT2D eigenvalue weighted by Gasteiger charge is 2.25. The average molecular weight is 283 g/mol. The molecule has 2 heterocycles. The number of nitrogens with zero attached hydrogens (tertiary/aromatic N) is 2. The van der Waals surface area contributed by atoms with Crippen molar-refractivity contribution in [1.29, 1.82) is 0 Å². The van der Waals surface area contributed by atoms with Crippen molar-refractivity contribution in [3.63, 3.8) is 0 Å². The van der Waals surface area contributed by atoms with Gasteiger partial charge >= 0.3 is 0 Å². The van der Waals surface area contributed by atoms with Crippen LogP contribution in [0.15, 0.2) is 0 Å². The fourth-order valence-electron chi connectivity index (χ4n) is 2.84. The number of nitrogens with two attached hydrogens (primary N) is 1. The van der Waals surface area contributed by atoms with Crippen molar-refractivity contribution in [2.75, 3.05) is 39.3 Å². The summed E-state index contributed by atoms with van der Waals surface area (Å²) >= 11 is 0. The lowest BCUT2D eigenvalue weighted by Crippen LogP contribution is -2.50. The van der Waals surface area contributed by atoms with Crippen LogP contribution in [0.4, 0.5) is 0 Å². The molecule has 0 aromatic heterocycles. The number of piperazine rings is 1. The van der Waals surface area contributed by atoms with Crippen LogP contribution in [0.2, 0.25) is 0 Å². The lowest BCUT2D eigenvalue weighted by molar-refractivity contribution is -0.133. The summed E-state index contributed by atoms with van der Waals surface area (Å²) in [4.78, 5) is 16.5. The molecule has 5 nitrogen and oxygen atoms in total. The molecular formula is C15H29N3O2. The summed E-state index contributed by atoms with van der Waals surface area (Å²) in [5, 5.41) is 0. The number of ether oxygens (including phenoxy) is 1. The Kier molecular flexibility index (Phi) is 5.41. The molecule has 0 spiro atoms. The standard InChI is InChI=1S/C15H29N3O2/c1-15(2,16)6-5-14(19)18-9-7-17(8-10-18)12-13-4-3-11-20-13/h13H,3-12,16H2,1-2H3. The van der Waals surface area contributed by atoms with Crippen LogP contribution in [-0.4, -0.2) is 66.7 Å². The number of hydrogen-bond donors (Lipinski definition) is 1. The average Bonchev–Trinajstić information content (AvgIpc) is 2.89. The fraction of sp³-hybridized carbons (Fsp3) is 0.933. The van der Waals surface area contributed by atoms with Gasteiger partial charge in [-0.2, -0.15) is 0 Å². The van der Waals surface area contributed by atoms with E-state index in [2.05, 4.69) is 4.90 Å². The predicted octanol–water partition coefficient (Wildman–Crippen LogP) is 0.827. The molecule has 2 fully saturated rings. The first-order valence-corrected chi connectivity index (χ1v) is 7.85. The van der Waals surface area contributed by atoms with E-state index in [1.807, 2.05) is 18.7 Å². The molecule has 2 rings (SSSR count). The minimum absolute atomic E-state index is 0.250. The first-order valence-electron chi connectivity index (χ1n) is 7.85. The van der Waals surface area contributed by atoms with Crippen LogP contribution in [-0.2, 0) is 9.53 Å². The highest BCUT2D eigenvalue weighted by molar-refractivity contribution is 5.76. The van der Waals surface area contributed by atoms with Crippen molar-refractivity contribution in [1.82, 2.24) is 9.80 Å². The van der Waals surface area contributed by atoms with E-state index in [1.165, 1.54) is 12.8 Å². The van der Waals surface area contributed by atoms with Crippen molar-refractivity contribution in [3.05, 3.63) is 0 Å². The van der Waals surface area contributed by atoms with Crippen LogP contribution in [0.25, 0.3) is 0 Å². The number of hydrogen-bond acceptors (Lipinski definition) is 4. The van der Waals surface area contributed by atoms with Crippen molar-refractivity contribution in [2.45, 2.75) is 51.2 Å². The van der Waals surface area contributed by atoms with Crippen LogP contribution in [0.5, 0.6) is 0 Å². The summed E-state index contributed by atoms with van der Waals surface area (Å²) in [5.74, 6) is 0.250. The molecular weight excluding hydrogens is 254 g/mol. The summed E-state index contributed by atoms with van der Waals surface area (Å²) in [7, 11) is 0. The monoisotopic (exact) mass is 283 g/mol. The summed E-state index contributed by atoms with van der Waals surface area (Å²) in [6.45, 7) is 9.51. The van der Waals surface area contributed by atoms with Gasteiger partial charge in [-0.25, -0.2) is 0 Å². The third-order valence-corrected chi connectivity index (χ3v) is 4.19. The molecule has 2 N–H and O–H groups in total. The molecule has 2 saturated heterocycles. The maximum absolute atomic E-state index is 12.1. The molecule has 0 saturated carbocycles. The van der Waals surface area contributed by atoms with E-state index in [4.69, 9.17) is 10.5 Å². The van der Waals surface area contributed by atoms with Gasteiger partial charge in [0.25, 0.3) is 0 Å². The van der Waals surface area contributed by atoms with Gasteiger partial charge in [0.1, 0.15) is 0 Å². The van der Waals surface area contributed by atoms with Gasteiger partial charge in [0, 0.05) is 51.3 Å². The summed E-state index contributed by atoms with van der Waals surface area (Å²) < 4.78 is 5.67. The third kappa shape index (κ3) is 5.04. The summed E-state index contributed by atoms with van der Waals surface area (Å²) in [6, 6.07) is 0. The van der Waals surface area contributed by atoms with Crippen molar-refractivity contribution < 1.29 is 9.53 Å². The minimum atomic E-state index is -0.253. The van der Waals surface area contributed by atoms with Crippen LogP contribution in [0, 0.1) is 0 Å². The third-order valence-electron chi connectivity index (χ3n) is 4.19. The Morgan fingerprint density at radius 2 is 2.00 bits per heavy atom. The van der Waals surface area contributed by atoms with Gasteiger partial charge < -0.3 is 15.4 Å². The molecule has 1 atom stereocenters. The topological polar surface area (TPSA) is 58.8 Å². The lowest BCUT2D eigenvalue weighted by Gasteiger charge is -2.36. The van der Waals surface area contributed by atoms with Crippen LogP contribution >= 0.6 is 0 Å². The second-order valence-electron chi connectivity index (χ2n) is 6.81. The highest BCUT2D eigenvalue weighted by atomic mass is 16.5. The second kappa shape index (κ2) is 6.87. The van der Waals surface area contributed by atoms with E-state index in [1.54, 1.807) is 0 Å². The van der Waals surface area contributed by atoms with Crippen molar-refractivity contribution in [2.24, 2.45) is 5.73 Å². The van der Waals surface area contributed by atoms with Crippen molar-refractivity contribution in [3.8, 4) is 0 Å². The highest BCUT2D eigenvalue weighted by Crippen LogP contribution is 2.15. The van der Waals surface area contributed by atoms with E-state index in [0.29, 0.717) is 12.5 Å². The predicted molar refractivity (Wildman–Crippen MR) is 79.5 cm³/mol. The Morgan fingerprint density at radius 3 is 2.55 bits per heavy atom. The van der Waals surface area contributed by atoms with E-state index in [9.17, 15) is 4.79 Å². The molecule has 2 aliphatic heterocycles. The molecule has 116 valence electrons. The molecule has 0 aliphatic carbocycles. The molecule has 1 unspecified atom stereocenters. The van der Waals surface area contributed by atoms with Crippen molar-refractivity contribution >= 4 is 5.91 Å². The van der Waals surface area contributed by atoms with Crippen LogP contribution in [0.3, 0.4) is 0 Å². The first-order chi connectivity index (χ1) is 9.44. The SMILES string of the molecule is CC(C)(N)CCC(=O)N1CCN(CC2CCCO2)CC1. The molecule has 20 heavy (non-hydrogen) atoms. The Balaban J connectivity index is 1.66. The van der Waals surface area contributed by atoms with Gasteiger partial charge in [0.2, 0.25) is 5.91 Å². The second-order valence-corrected chi connectivity index (χ2v) is 6.81. The van der Waals surface area contributed by atoms with Gasteiger partial charge in [-0.15, -0.1) is 0 Å². The first kappa shape index (κ1) is 15.7. The fourth-order valence-corrected chi connectivity index (χ4v) is 2.84. The van der Waals surface area contributed by atoms with Gasteiger partial charge in [-0.05, 0) is 33.1 Å². The van der Waals surface area contributed by atoms with Crippen LogP contribution < -0.4 is 5.73 Å². The Hall–Kier alpha value is -0.650. The van der Waals surface area contributed by atoms with Gasteiger partial charge in [-0.3, -0.25) is 9.69 Å². The molecule has 0 aromatic carbocycles. The Labute approximate surface area is 122 Å². The molecule has 0 radical (unpaired) electrons. The van der Waals surface area contributed by atoms with E-state index in [0.717, 1.165) is 45.8 Å². The normalized spacial score (nSPS) is 25.1. The zero-order valence-electron chi connectivity index (χ0n) is 12.9. The lowest BCUT2D eigenvalue weighted by atomic mass is 9.99. The van der Waals surface area contributed by atoms with E-state index < -0.39 is 0 Å². The van der Waals surface area contributed by atoms with E-state index >= 15 is 0 Å². The molecule has 1 amide bonds. The zero-order chi connectivity index (χ0) is 14.6. The number of carbonyl (C=O) groups is 1. The number of amides is 1. The van der Waals surface area contributed by atoms with Gasteiger partial charge in [-0.1, -0.05) is 0 Å². The molecule has 2 aliphatic rings. The summed E-state index contributed by atoms with van der Waals surface area (Å²) in [5.41, 5.74) is 5.68. The molecule has 5 heteroatoms. The molecule has 0 aromatic rings. The molecule has 0 bridgehead atoms. The van der Waals surface area contributed by atoms with Gasteiger partial charge in [0.05, 0.1) is 6.10 Å². The number of carbonyl (C=O) groups excluding carboxylic acids is 1. The largest absolute Gasteiger partial charge is 0.377 e. The van der Waals surface area contributed by atoms with Gasteiger partial charge in [0.15, 0.2) is 0 Å². The summed E-state index contributed by atoms with van der Waals surface area (Å²) in [6.07, 6.45) is 4.11.